The Labute approximate surface area is 166 Å². The summed E-state index contributed by atoms with van der Waals surface area (Å²) in [5.41, 5.74) is 1.88. The number of hydrogen-bond acceptors (Lipinski definition) is 6. The van der Waals surface area contributed by atoms with Crippen molar-refractivity contribution in [3.63, 3.8) is 0 Å². The molecule has 0 spiro atoms. The molecule has 0 aliphatic heterocycles. The summed E-state index contributed by atoms with van der Waals surface area (Å²) < 4.78 is 10.5. The molecule has 3 heterocycles. The Balaban J connectivity index is 1.60. The van der Waals surface area contributed by atoms with Crippen LogP contribution in [-0.4, -0.2) is 23.0 Å². The number of amides is 1. The van der Waals surface area contributed by atoms with Crippen molar-refractivity contribution in [2.45, 2.75) is 6.54 Å². The van der Waals surface area contributed by atoms with Gasteiger partial charge in [0.1, 0.15) is 5.56 Å². The molecule has 0 atom stereocenters. The molecule has 0 radical (unpaired) electrons. The van der Waals surface area contributed by atoms with Gasteiger partial charge in [0, 0.05) is 36.1 Å². The molecule has 0 saturated carbocycles. The number of benzene rings is 1. The van der Waals surface area contributed by atoms with E-state index in [0.29, 0.717) is 16.7 Å². The zero-order valence-electron chi connectivity index (χ0n) is 15.6. The van der Waals surface area contributed by atoms with Crippen LogP contribution in [0.2, 0.25) is 0 Å². The summed E-state index contributed by atoms with van der Waals surface area (Å²) in [4.78, 5) is 33.5. The predicted octanol–water partition coefficient (Wildman–Crippen LogP) is 3.19. The molecule has 29 heavy (non-hydrogen) atoms. The molecule has 0 aliphatic carbocycles. The average molecular weight is 387 g/mol. The summed E-state index contributed by atoms with van der Waals surface area (Å²) in [6.45, 7) is 0.201. The van der Waals surface area contributed by atoms with E-state index in [0.717, 1.165) is 16.8 Å². The number of methoxy groups -OCH3 is 1. The minimum Gasteiger partial charge on any atom is -0.493 e. The molecular weight excluding hydrogens is 370 g/mol. The van der Waals surface area contributed by atoms with Crippen molar-refractivity contribution in [1.82, 2.24) is 15.3 Å². The molecule has 4 rings (SSSR count). The maximum absolute atomic E-state index is 12.6. The number of carbonyl (C=O) groups excluding carboxylic acids is 1. The highest BCUT2D eigenvalue weighted by atomic mass is 16.5. The minimum atomic E-state index is -0.724. The molecule has 0 fully saturated rings. The predicted molar refractivity (Wildman–Crippen MR) is 108 cm³/mol. The summed E-state index contributed by atoms with van der Waals surface area (Å²) in [6.07, 6.45) is 5.07. The number of para-hydroxylation sites is 1. The summed E-state index contributed by atoms with van der Waals surface area (Å²) in [5.74, 6) is -0.0903. The number of carbonyl (C=O) groups is 1. The van der Waals surface area contributed by atoms with Gasteiger partial charge >= 0.3 is 5.63 Å². The average Bonchev–Trinajstić information content (AvgIpc) is 2.77. The lowest BCUT2D eigenvalue weighted by Gasteiger charge is -2.10. The van der Waals surface area contributed by atoms with Gasteiger partial charge in [0.05, 0.1) is 12.8 Å². The van der Waals surface area contributed by atoms with Crippen molar-refractivity contribution in [2.75, 3.05) is 7.11 Å². The van der Waals surface area contributed by atoms with Crippen LogP contribution in [0.1, 0.15) is 15.9 Å². The third-order valence-electron chi connectivity index (χ3n) is 4.45. The highest BCUT2D eigenvalue weighted by Crippen LogP contribution is 2.24. The van der Waals surface area contributed by atoms with Crippen molar-refractivity contribution in [1.29, 1.82) is 0 Å². The minimum absolute atomic E-state index is 0.0717. The van der Waals surface area contributed by atoms with Gasteiger partial charge < -0.3 is 14.5 Å². The van der Waals surface area contributed by atoms with Crippen LogP contribution in [0.5, 0.6) is 5.75 Å². The van der Waals surface area contributed by atoms with E-state index in [1.165, 1.54) is 13.2 Å². The second kappa shape index (κ2) is 7.93. The van der Waals surface area contributed by atoms with Crippen LogP contribution in [0.15, 0.2) is 76.3 Å². The zero-order chi connectivity index (χ0) is 20.2. The quantitative estimate of drug-likeness (QED) is 0.529. The topological polar surface area (TPSA) is 94.3 Å². The number of hydrogen-bond donors (Lipinski definition) is 1. The van der Waals surface area contributed by atoms with E-state index in [1.54, 1.807) is 42.9 Å². The normalized spacial score (nSPS) is 10.7. The smallest absolute Gasteiger partial charge is 0.349 e. The van der Waals surface area contributed by atoms with Crippen molar-refractivity contribution < 1.29 is 13.9 Å². The second-order valence-corrected chi connectivity index (χ2v) is 6.26. The number of aromatic nitrogens is 2. The zero-order valence-corrected chi connectivity index (χ0v) is 15.6. The van der Waals surface area contributed by atoms with Crippen LogP contribution >= 0.6 is 0 Å². The summed E-state index contributed by atoms with van der Waals surface area (Å²) in [5, 5.41) is 3.37. The maximum Gasteiger partial charge on any atom is 0.349 e. The fraction of sp³-hybridized carbons (Fsp3) is 0.0909. The van der Waals surface area contributed by atoms with Gasteiger partial charge in [-0.3, -0.25) is 14.8 Å². The largest absolute Gasteiger partial charge is 0.493 e. The van der Waals surface area contributed by atoms with Crippen LogP contribution in [-0.2, 0) is 6.54 Å². The van der Waals surface area contributed by atoms with Crippen molar-refractivity contribution in [3.8, 4) is 17.0 Å². The molecule has 1 amide bonds. The molecule has 7 nitrogen and oxygen atoms in total. The van der Waals surface area contributed by atoms with Gasteiger partial charge in [0.2, 0.25) is 0 Å². The molecule has 0 unspecified atom stereocenters. The number of nitrogens with one attached hydrogen (secondary N) is 1. The van der Waals surface area contributed by atoms with Gasteiger partial charge in [-0.25, -0.2) is 4.79 Å². The number of rotatable bonds is 5. The first-order chi connectivity index (χ1) is 14.2. The Morgan fingerprint density at radius 2 is 2.00 bits per heavy atom. The molecule has 0 bridgehead atoms. The van der Waals surface area contributed by atoms with E-state index in [1.807, 2.05) is 18.2 Å². The molecule has 1 aromatic carbocycles. The van der Waals surface area contributed by atoms with Gasteiger partial charge in [-0.05, 0) is 35.9 Å². The Kier molecular flexibility index (Phi) is 5.03. The molecule has 0 saturated heterocycles. The fourth-order valence-corrected chi connectivity index (χ4v) is 3.05. The van der Waals surface area contributed by atoms with Crippen LogP contribution in [0, 0.1) is 0 Å². The van der Waals surface area contributed by atoms with Crippen LogP contribution < -0.4 is 15.7 Å². The molecule has 1 N–H and O–H groups in total. The van der Waals surface area contributed by atoms with Gasteiger partial charge in [0.25, 0.3) is 5.91 Å². The molecule has 4 aromatic rings. The lowest BCUT2D eigenvalue weighted by molar-refractivity contribution is 0.0947. The van der Waals surface area contributed by atoms with E-state index in [-0.39, 0.29) is 12.1 Å². The first kappa shape index (κ1) is 18.4. The summed E-state index contributed by atoms with van der Waals surface area (Å²) in [7, 11) is 1.49. The Hall–Kier alpha value is -4.00. The number of ether oxygens (including phenoxy) is 1. The highest BCUT2D eigenvalue weighted by molar-refractivity contribution is 5.97. The number of pyridine rings is 2. The number of nitrogens with zero attached hydrogens (tertiary/aromatic N) is 2. The standard InChI is InChI=1S/C22H17N3O4/c1-28-18-8-2-5-14-11-17(22(27)29-20(14)18)21(26)25-13-16-7-4-10-24-19(16)15-6-3-9-23-12-15/h2-12H,13H2,1H3,(H,25,26). The van der Waals surface area contributed by atoms with Crippen molar-refractivity contribution >= 4 is 16.9 Å². The molecular formula is C22H17N3O4. The van der Waals surface area contributed by atoms with E-state index in [4.69, 9.17) is 9.15 Å². The van der Waals surface area contributed by atoms with E-state index in [9.17, 15) is 9.59 Å². The van der Waals surface area contributed by atoms with Gasteiger partial charge in [-0.2, -0.15) is 0 Å². The van der Waals surface area contributed by atoms with Crippen LogP contribution in [0.3, 0.4) is 0 Å². The fourth-order valence-electron chi connectivity index (χ4n) is 3.05. The lowest BCUT2D eigenvalue weighted by atomic mass is 10.1. The third-order valence-corrected chi connectivity index (χ3v) is 4.45. The maximum atomic E-state index is 12.6. The first-order valence-electron chi connectivity index (χ1n) is 8.90. The summed E-state index contributed by atoms with van der Waals surface area (Å²) >= 11 is 0. The van der Waals surface area contributed by atoms with Crippen LogP contribution in [0.25, 0.3) is 22.2 Å². The van der Waals surface area contributed by atoms with E-state index in [2.05, 4.69) is 15.3 Å². The first-order valence-corrected chi connectivity index (χ1v) is 8.90. The Morgan fingerprint density at radius 1 is 1.14 bits per heavy atom. The summed E-state index contributed by atoms with van der Waals surface area (Å²) in [6, 6.07) is 14.1. The molecule has 144 valence electrons. The SMILES string of the molecule is COc1cccc2cc(C(=O)NCc3cccnc3-c3cccnc3)c(=O)oc12. The van der Waals surface area contributed by atoms with Crippen molar-refractivity contribution in [2.24, 2.45) is 0 Å². The van der Waals surface area contributed by atoms with Crippen molar-refractivity contribution in [3.05, 3.63) is 88.7 Å². The van der Waals surface area contributed by atoms with Gasteiger partial charge in [-0.1, -0.05) is 18.2 Å². The van der Waals surface area contributed by atoms with E-state index < -0.39 is 11.5 Å². The molecule has 3 aromatic heterocycles. The highest BCUT2D eigenvalue weighted by Gasteiger charge is 2.16. The Bertz CT molecular complexity index is 1240. The third kappa shape index (κ3) is 3.70. The molecule has 0 aliphatic rings. The van der Waals surface area contributed by atoms with E-state index >= 15 is 0 Å². The van der Waals surface area contributed by atoms with Gasteiger partial charge in [0.15, 0.2) is 11.3 Å². The lowest BCUT2D eigenvalue weighted by Crippen LogP contribution is -2.28. The second-order valence-electron chi connectivity index (χ2n) is 6.26. The molecule has 7 heteroatoms. The Morgan fingerprint density at radius 3 is 2.79 bits per heavy atom. The number of fused-ring (bicyclic) bond motifs is 1. The van der Waals surface area contributed by atoms with Gasteiger partial charge in [-0.15, -0.1) is 0 Å². The monoisotopic (exact) mass is 387 g/mol. The van der Waals surface area contributed by atoms with Crippen LogP contribution in [0.4, 0.5) is 0 Å².